The van der Waals surface area contributed by atoms with Gasteiger partial charge in [-0.25, -0.2) is 0 Å². The van der Waals surface area contributed by atoms with E-state index in [0.717, 1.165) is 26.1 Å². The van der Waals surface area contributed by atoms with Crippen molar-refractivity contribution in [2.24, 2.45) is 11.7 Å². The van der Waals surface area contributed by atoms with Crippen LogP contribution in [0.4, 0.5) is 0 Å². The molecule has 0 aromatic carbocycles. The molecule has 0 unspecified atom stereocenters. The van der Waals surface area contributed by atoms with Crippen LogP contribution in [0.3, 0.4) is 0 Å². The lowest BCUT2D eigenvalue weighted by Gasteiger charge is -2.25. The average Bonchev–Trinajstić information content (AvgIpc) is 2.11. The van der Waals surface area contributed by atoms with E-state index in [4.69, 9.17) is 15.2 Å². The molecule has 0 rings (SSSR count). The predicted molar refractivity (Wildman–Crippen MR) is 64.0 cm³/mol. The third-order valence-electron chi connectivity index (χ3n) is 2.30. The maximum absolute atomic E-state index is 5.81. The van der Waals surface area contributed by atoms with Gasteiger partial charge in [-0.05, 0) is 32.6 Å². The molecule has 0 saturated carbocycles. The van der Waals surface area contributed by atoms with Crippen molar-refractivity contribution >= 4 is 0 Å². The number of nitrogens with two attached hydrogens (primary N) is 1. The number of rotatable bonds is 9. The van der Waals surface area contributed by atoms with Crippen LogP contribution in [-0.2, 0) is 9.47 Å². The van der Waals surface area contributed by atoms with E-state index in [9.17, 15) is 0 Å². The number of hydrogen-bond donors (Lipinski definition) is 1. The van der Waals surface area contributed by atoms with Crippen molar-refractivity contribution in [1.29, 1.82) is 0 Å². The fraction of sp³-hybridized carbons (Fsp3) is 1.00. The lowest BCUT2D eigenvalue weighted by Crippen LogP contribution is -2.27. The molecule has 0 radical (unpaired) electrons. The Kier molecular flexibility index (Phi) is 8.02. The van der Waals surface area contributed by atoms with Gasteiger partial charge in [0.25, 0.3) is 0 Å². The lowest BCUT2D eigenvalue weighted by molar-refractivity contribution is -0.0436. The Morgan fingerprint density at radius 1 is 1.13 bits per heavy atom. The second-order valence-corrected chi connectivity index (χ2v) is 4.94. The van der Waals surface area contributed by atoms with E-state index in [1.165, 1.54) is 0 Å². The van der Waals surface area contributed by atoms with E-state index >= 15 is 0 Å². The van der Waals surface area contributed by atoms with Crippen molar-refractivity contribution in [1.82, 2.24) is 0 Å². The highest BCUT2D eigenvalue weighted by Crippen LogP contribution is 2.15. The first-order valence-electron chi connectivity index (χ1n) is 5.89. The minimum absolute atomic E-state index is 0.0799. The third-order valence-corrected chi connectivity index (χ3v) is 2.30. The van der Waals surface area contributed by atoms with Crippen molar-refractivity contribution in [3.63, 3.8) is 0 Å². The van der Waals surface area contributed by atoms with E-state index in [1.54, 1.807) is 0 Å². The summed E-state index contributed by atoms with van der Waals surface area (Å²) in [5, 5.41) is 0. The molecule has 3 nitrogen and oxygen atoms in total. The van der Waals surface area contributed by atoms with Crippen molar-refractivity contribution in [3.8, 4) is 0 Å². The van der Waals surface area contributed by atoms with Crippen molar-refractivity contribution in [2.75, 3.05) is 26.4 Å². The molecular weight excluding hydrogens is 190 g/mol. The zero-order valence-corrected chi connectivity index (χ0v) is 10.7. The van der Waals surface area contributed by atoms with Crippen LogP contribution in [-0.4, -0.2) is 32.0 Å². The molecule has 0 spiro atoms. The summed E-state index contributed by atoms with van der Waals surface area (Å²) in [6.45, 7) is 11.4. The fourth-order valence-electron chi connectivity index (χ4n) is 1.15. The van der Waals surface area contributed by atoms with Gasteiger partial charge in [0.2, 0.25) is 0 Å². The van der Waals surface area contributed by atoms with Gasteiger partial charge in [-0.2, -0.15) is 0 Å². The maximum Gasteiger partial charge on any atom is 0.0648 e. The summed E-state index contributed by atoms with van der Waals surface area (Å²) in [4.78, 5) is 0. The van der Waals surface area contributed by atoms with Crippen LogP contribution >= 0.6 is 0 Å². The van der Waals surface area contributed by atoms with Gasteiger partial charge in [-0.1, -0.05) is 13.8 Å². The Bertz CT molecular complexity index is 147. The summed E-state index contributed by atoms with van der Waals surface area (Å²) < 4.78 is 11.2. The Labute approximate surface area is 94.3 Å². The van der Waals surface area contributed by atoms with Gasteiger partial charge in [0.05, 0.1) is 12.2 Å². The third kappa shape index (κ3) is 10.2. The zero-order chi connectivity index (χ0) is 11.7. The Morgan fingerprint density at radius 2 is 1.80 bits per heavy atom. The Balaban J connectivity index is 3.48. The molecule has 0 heterocycles. The van der Waals surface area contributed by atoms with Crippen molar-refractivity contribution < 1.29 is 9.47 Å². The van der Waals surface area contributed by atoms with Gasteiger partial charge in [0.15, 0.2) is 0 Å². The summed E-state index contributed by atoms with van der Waals surface area (Å²) in [5.41, 5.74) is 5.26. The zero-order valence-electron chi connectivity index (χ0n) is 10.7. The highest BCUT2D eigenvalue weighted by atomic mass is 16.5. The van der Waals surface area contributed by atoms with E-state index in [0.29, 0.717) is 19.1 Å². The van der Waals surface area contributed by atoms with Gasteiger partial charge in [0.1, 0.15) is 0 Å². The fourth-order valence-corrected chi connectivity index (χ4v) is 1.15. The van der Waals surface area contributed by atoms with Gasteiger partial charge < -0.3 is 15.2 Å². The van der Waals surface area contributed by atoms with Crippen molar-refractivity contribution in [2.45, 2.75) is 46.1 Å². The molecule has 0 fully saturated rings. The molecule has 92 valence electrons. The molecule has 0 bridgehead atoms. The highest BCUT2D eigenvalue weighted by Gasteiger charge is 2.17. The Morgan fingerprint density at radius 3 is 2.33 bits per heavy atom. The summed E-state index contributed by atoms with van der Waals surface area (Å²) >= 11 is 0. The van der Waals surface area contributed by atoms with E-state index in [-0.39, 0.29) is 5.60 Å². The molecule has 0 aromatic rings. The molecule has 0 aliphatic heterocycles. The first kappa shape index (κ1) is 14.9. The smallest absolute Gasteiger partial charge is 0.0648 e. The monoisotopic (exact) mass is 217 g/mol. The molecule has 0 amide bonds. The molecule has 15 heavy (non-hydrogen) atoms. The molecule has 0 saturated heterocycles. The second-order valence-electron chi connectivity index (χ2n) is 4.94. The van der Waals surface area contributed by atoms with Crippen LogP contribution in [0.5, 0.6) is 0 Å². The molecular formula is C12H27NO2. The summed E-state index contributed by atoms with van der Waals surface area (Å²) in [7, 11) is 0. The van der Waals surface area contributed by atoms with Crippen LogP contribution in [0.2, 0.25) is 0 Å². The highest BCUT2D eigenvalue weighted by molar-refractivity contribution is 4.68. The van der Waals surface area contributed by atoms with Crippen LogP contribution in [0.25, 0.3) is 0 Å². The van der Waals surface area contributed by atoms with Crippen LogP contribution < -0.4 is 5.73 Å². The minimum Gasteiger partial charge on any atom is -0.380 e. The molecule has 0 aliphatic rings. The maximum atomic E-state index is 5.81. The van der Waals surface area contributed by atoms with Crippen LogP contribution in [0, 0.1) is 5.92 Å². The number of ether oxygens (including phenoxy) is 2. The minimum atomic E-state index is -0.0799. The summed E-state index contributed by atoms with van der Waals surface area (Å²) in [6.07, 6.45) is 2.04. The van der Waals surface area contributed by atoms with Gasteiger partial charge in [-0.3, -0.25) is 0 Å². The van der Waals surface area contributed by atoms with E-state index in [2.05, 4.69) is 27.7 Å². The van der Waals surface area contributed by atoms with E-state index < -0.39 is 0 Å². The number of hydrogen-bond acceptors (Lipinski definition) is 3. The Hall–Kier alpha value is -0.120. The summed E-state index contributed by atoms with van der Waals surface area (Å²) in [5.74, 6) is 0.703. The topological polar surface area (TPSA) is 44.5 Å². The molecule has 0 aromatic heterocycles. The van der Waals surface area contributed by atoms with Crippen LogP contribution in [0.1, 0.15) is 40.5 Å². The van der Waals surface area contributed by atoms with Crippen LogP contribution in [0.15, 0.2) is 0 Å². The molecule has 3 heteroatoms. The van der Waals surface area contributed by atoms with Gasteiger partial charge in [-0.15, -0.1) is 0 Å². The molecule has 2 N–H and O–H groups in total. The van der Waals surface area contributed by atoms with Gasteiger partial charge in [0, 0.05) is 19.8 Å². The predicted octanol–water partition coefficient (Wildman–Crippen LogP) is 2.19. The standard InChI is InChI=1S/C12H27NO2/c1-11(2)5-8-15-12(3,4)6-9-14-10-7-13/h11H,5-10,13H2,1-4H3. The quantitative estimate of drug-likeness (QED) is 0.602. The largest absolute Gasteiger partial charge is 0.380 e. The van der Waals surface area contributed by atoms with Gasteiger partial charge >= 0.3 is 0 Å². The van der Waals surface area contributed by atoms with Crippen molar-refractivity contribution in [3.05, 3.63) is 0 Å². The first-order chi connectivity index (χ1) is 6.98. The lowest BCUT2D eigenvalue weighted by atomic mass is 10.1. The second kappa shape index (κ2) is 8.08. The van der Waals surface area contributed by atoms with E-state index in [1.807, 2.05) is 0 Å². The summed E-state index contributed by atoms with van der Waals surface area (Å²) in [6, 6.07) is 0. The SMILES string of the molecule is CC(C)CCOC(C)(C)CCOCCN. The molecule has 0 aliphatic carbocycles. The average molecular weight is 217 g/mol. The first-order valence-corrected chi connectivity index (χ1v) is 5.89. The molecule has 0 atom stereocenters. The normalized spacial score (nSPS) is 12.4.